The number of hydrogen-bond acceptors (Lipinski definition) is 2. The van der Waals surface area contributed by atoms with Crippen molar-refractivity contribution in [2.24, 2.45) is 5.73 Å². The van der Waals surface area contributed by atoms with Crippen LogP contribution in [0.5, 0.6) is 0 Å². The molecule has 0 aliphatic heterocycles. The Morgan fingerprint density at radius 1 is 1.17 bits per heavy atom. The van der Waals surface area contributed by atoms with Gasteiger partial charge in [0.1, 0.15) is 0 Å². The third-order valence-electron chi connectivity index (χ3n) is 3.75. The van der Waals surface area contributed by atoms with Gasteiger partial charge in [-0.3, -0.25) is 4.79 Å². The van der Waals surface area contributed by atoms with E-state index < -0.39 is 0 Å². The first-order valence-corrected chi connectivity index (χ1v) is 6.72. The topological polar surface area (TPSA) is 55.1 Å². The highest BCUT2D eigenvalue weighted by atomic mass is 16.1. The number of carbonyl (C=O) groups excluding carboxylic acids is 1. The molecule has 0 aliphatic carbocycles. The van der Waals surface area contributed by atoms with Crippen LogP contribution in [0.25, 0.3) is 0 Å². The Hall–Kier alpha value is -1.35. The molecule has 1 aromatic carbocycles. The first kappa shape index (κ1) is 14.7. The van der Waals surface area contributed by atoms with E-state index in [4.69, 9.17) is 5.73 Å². The summed E-state index contributed by atoms with van der Waals surface area (Å²) in [6.45, 7) is 6.68. The second-order valence-corrected chi connectivity index (χ2v) is 4.70. The molecule has 0 radical (unpaired) electrons. The molecular weight excluding hydrogens is 224 g/mol. The maximum Gasteiger partial charge on any atom is 0.251 e. The Morgan fingerprint density at radius 2 is 1.72 bits per heavy atom. The quantitative estimate of drug-likeness (QED) is 0.812. The van der Waals surface area contributed by atoms with E-state index in [0.717, 1.165) is 19.3 Å². The van der Waals surface area contributed by atoms with E-state index >= 15 is 0 Å². The van der Waals surface area contributed by atoms with E-state index in [1.807, 2.05) is 24.3 Å². The third-order valence-corrected chi connectivity index (χ3v) is 3.75. The summed E-state index contributed by atoms with van der Waals surface area (Å²) in [5, 5.41) is 3.07. The van der Waals surface area contributed by atoms with E-state index in [1.165, 1.54) is 5.56 Å². The van der Waals surface area contributed by atoms with Crippen LogP contribution in [0.1, 0.15) is 49.5 Å². The van der Waals surface area contributed by atoms with Gasteiger partial charge in [0, 0.05) is 12.1 Å². The van der Waals surface area contributed by atoms with Crippen LogP contribution >= 0.6 is 0 Å². The van der Waals surface area contributed by atoms with Gasteiger partial charge in [0.15, 0.2) is 0 Å². The van der Waals surface area contributed by atoms with Gasteiger partial charge in [-0.05, 0) is 37.0 Å². The lowest BCUT2D eigenvalue weighted by Crippen LogP contribution is -2.52. The van der Waals surface area contributed by atoms with Crippen LogP contribution in [0.4, 0.5) is 0 Å². The van der Waals surface area contributed by atoms with Crippen LogP contribution in [0.3, 0.4) is 0 Å². The first-order chi connectivity index (χ1) is 8.60. The zero-order valence-electron chi connectivity index (χ0n) is 11.6. The fourth-order valence-electron chi connectivity index (χ4n) is 1.97. The van der Waals surface area contributed by atoms with Gasteiger partial charge in [-0.2, -0.15) is 0 Å². The zero-order chi connectivity index (χ0) is 13.6. The molecule has 1 rings (SSSR count). The first-order valence-electron chi connectivity index (χ1n) is 6.72. The van der Waals surface area contributed by atoms with Crippen molar-refractivity contribution in [3.05, 3.63) is 35.4 Å². The standard InChI is InChI=1S/C15H24N2O/c1-4-12-7-9-13(10-8-12)14(18)17-15(5-2,6-3)11-16/h7-10H,4-6,11,16H2,1-3H3,(H,17,18). The lowest BCUT2D eigenvalue weighted by atomic mass is 9.92. The minimum Gasteiger partial charge on any atom is -0.345 e. The van der Waals surface area contributed by atoms with Gasteiger partial charge in [-0.1, -0.05) is 32.9 Å². The summed E-state index contributed by atoms with van der Waals surface area (Å²) >= 11 is 0. The normalized spacial score (nSPS) is 11.3. The highest BCUT2D eigenvalue weighted by Gasteiger charge is 2.26. The zero-order valence-corrected chi connectivity index (χ0v) is 11.6. The van der Waals surface area contributed by atoms with Crippen LogP contribution in [0.2, 0.25) is 0 Å². The van der Waals surface area contributed by atoms with Crippen LogP contribution in [0, 0.1) is 0 Å². The molecule has 0 spiro atoms. The number of hydrogen-bond donors (Lipinski definition) is 2. The maximum atomic E-state index is 12.2. The summed E-state index contributed by atoms with van der Waals surface area (Å²) in [6.07, 6.45) is 2.68. The molecule has 100 valence electrons. The van der Waals surface area contributed by atoms with Crippen molar-refractivity contribution in [2.75, 3.05) is 6.54 Å². The molecule has 1 amide bonds. The van der Waals surface area contributed by atoms with Crippen molar-refractivity contribution in [3.63, 3.8) is 0 Å². The summed E-state index contributed by atoms with van der Waals surface area (Å²) in [5.41, 5.74) is 7.45. The third kappa shape index (κ3) is 3.33. The number of aryl methyl sites for hydroxylation is 1. The van der Waals surface area contributed by atoms with Gasteiger partial charge < -0.3 is 11.1 Å². The maximum absolute atomic E-state index is 12.2. The van der Waals surface area contributed by atoms with Crippen molar-refractivity contribution in [1.82, 2.24) is 5.32 Å². The fourth-order valence-corrected chi connectivity index (χ4v) is 1.97. The van der Waals surface area contributed by atoms with Crippen molar-refractivity contribution >= 4 is 5.91 Å². The van der Waals surface area contributed by atoms with E-state index in [0.29, 0.717) is 12.1 Å². The second-order valence-electron chi connectivity index (χ2n) is 4.70. The highest BCUT2D eigenvalue weighted by Crippen LogP contribution is 2.15. The van der Waals surface area contributed by atoms with Gasteiger partial charge in [0.25, 0.3) is 5.91 Å². The molecular formula is C15H24N2O. The summed E-state index contributed by atoms with van der Waals surface area (Å²) in [4.78, 5) is 12.2. The number of amides is 1. The predicted octanol–water partition coefficient (Wildman–Crippen LogP) is 2.50. The lowest BCUT2D eigenvalue weighted by Gasteiger charge is -2.31. The summed E-state index contributed by atoms with van der Waals surface area (Å²) in [6, 6.07) is 7.75. The minimum absolute atomic E-state index is 0.0354. The largest absolute Gasteiger partial charge is 0.345 e. The van der Waals surface area contributed by atoms with Gasteiger partial charge in [-0.15, -0.1) is 0 Å². The van der Waals surface area contributed by atoms with E-state index in [2.05, 4.69) is 26.1 Å². The molecule has 3 nitrogen and oxygen atoms in total. The van der Waals surface area contributed by atoms with E-state index in [-0.39, 0.29) is 11.4 Å². The molecule has 1 aromatic rings. The molecule has 0 saturated heterocycles. The molecule has 0 saturated carbocycles. The SMILES string of the molecule is CCc1ccc(C(=O)NC(CC)(CC)CN)cc1. The van der Waals surface area contributed by atoms with Crippen molar-refractivity contribution < 1.29 is 4.79 Å². The van der Waals surface area contributed by atoms with Gasteiger partial charge in [-0.25, -0.2) is 0 Å². The Bertz CT molecular complexity index is 372. The van der Waals surface area contributed by atoms with E-state index in [1.54, 1.807) is 0 Å². The number of nitrogens with two attached hydrogens (primary N) is 1. The molecule has 0 atom stereocenters. The lowest BCUT2D eigenvalue weighted by molar-refractivity contribution is 0.0895. The highest BCUT2D eigenvalue weighted by molar-refractivity contribution is 5.94. The Balaban J connectivity index is 2.80. The Morgan fingerprint density at radius 3 is 2.11 bits per heavy atom. The average molecular weight is 248 g/mol. The Labute approximate surface area is 110 Å². The van der Waals surface area contributed by atoms with Crippen LogP contribution < -0.4 is 11.1 Å². The number of rotatable bonds is 6. The smallest absolute Gasteiger partial charge is 0.251 e. The van der Waals surface area contributed by atoms with Crippen LogP contribution in [-0.4, -0.2) is 18.0 Å². The molecule has 0 aromatic heterocycles. The molecule has 0 fully saturated rings. The van der Waals surface area contributed by atoms with Crippen molar-refractivity contribution in [1.29, 1.82) is 0 Å². The minimum atomic E-state index is -0.277. The second kappa shape index (κ2) is 6.55. The summed E-state index contributed by atoms with van der Waals surface area (Å²) < 4.78 is 0. The van der Waals surface area contributed by atoms with Crippen LogP contribution in [-0.2, 0) is 6.42 Å². The fraction of sp³-hybridized carbons (Fsp3) is 0.533. The van der Waals surface area contributed by atoms with Crippen LogP contribution in [0.15, 0.2) is 24.3 Å². The number of benzene rings is 1. The molecule has 0 heterocycles. The number of nitrogens with one attached hydrogen (secondary N) is 1. The number of carbonyl (C=O) groups is 1. The molecule has 3 heteroatoms. The van der Waals surface area contributed by atoms with Gasteiger partial charge in [0.2, 0.25) is 0 Å². The molecule has 0 bridgehead atoms. The monoisotopic (exact) mass is 248 g/mol. The predicted molar refractivity (Wildman–Crippen MR) is 75.7 cm³/mol. The van der Waals surface area contributed by atoms with Gasteiger partial charge >= 0.3 is 0 Å². The molecule has 0 unspecified atom stereocenters. The van der Waals surface area contributed by atoms with Crippen molar-refractivity contribution in [3.8, 4) is 0 Å². The van der Waals surface area contributed by atoms with Crippen molar-refractivity contribution in [2.45, 2.75) is 45.6 Å². The molecule has 0 aliphatic rings. The molecule has 3 N–H and O–H groups in total. The summed E-state index contributed by atoms with van der Waals surface area (Å²) in [5.74, 6) is -0.0354. The Kier molecular flexibility index (Phi) is 5.35. The summed E-state index contributed by atoms with van der Waals surface area (Å²) in [7, 11) is 0. The van der Waals surface area contributed by atoms with Gasteiger partial charge in [0.05, 0.1) is 5.54 Å². The van der Waals surface area contributed by atoms with E-state index in [9.17, 15) is 4.79 Å². The molecule has 18 heavy (non-hydrogen) atoms. The average Bonchev–Trinajstić information content (AvgIpc) is 2.45.